The third kappa shape index (κ3) is 5.76. The molecule has 9 heteroatoms. The average molecular weight is 504 g/mol. The Morgan fingerprint density at radius 2 is 1.79 bits per heavy atom. The molecule has 1 amide bonds. The number of nitrogens with zero attached hydrogens (tertiary/aromatic N) is 2. The number of benzene rings is 2. The first kappa shape index (κ1) is 23.8. The van der Waals surface area contributed by atoms with Gasteiger partial charge in [0.05, 0.1) is 0 Å². The van der Waals surface area contributed by atoms with Gasteiger partial charge in [0.15, 0.2) is 0 Å². The van der Waals surface area contributed by atoms with Gasteiger partial charge in [0.25, 0.3) is 10.0 Å². The lowest BCUT2D eigenvalue weighted by Gasteiger charge is -2.38. The Hall–Kier alpha value is -2.39. The molecule has 0 bridgehead atoms. The highest BCUT2D eigenvalue weighted by Gasteiger charge is 2.32. The van der Waals surface area contributed by atoms with Crippen molar-refractivity contribution in [2.45, 2.75) is 23.6 Å². The maximum atomic E-state index is 13.5. The van der Waals surface area contributed by atoms with Crippen molar-refractivity contribution in [1.82, 2.24) is 9.62 Å². The van der Waals surface area contributed by atoms with E-state index in [-0.39, 0.29) is 16.5 Å². The van der Waals surface area contributed by atoms with Gasteiger partial charge in [-0.1, -0.05) is 54.1 Å². The van der Waals surface area contributed by atoms with Gasteiger partial charge in [-0.2, -0.15) is 4.72 Å². The van der Waals surface area contributed by atoms with Crippen LogP contribution in [0.25, 0.3) is 0 Å². The maximum absolute atomic E-state index is 13.5. The minimum absolute atomic E-state index is 0.203. The molecule has 3 aromatic rings. The van der Waals surface area contributed by atoms with Crippen LogP contribution in [0.4, 0.5) is 5.69 Å². The van der Waals surface area contributed by atoms with Gasteiger partial charge in [0.1, 0.15) is 10.3 Å². The predicted octanol–water partition coefficient (Wildman–Crippen LogP) is 3.95. The lowest BCUT2D eigenvalue weighted by Crippen LogP contribution is -2.55. The van der Waals surface area contributed by atoms with E-state index in [1.54, 1.807) is 22.4 Å². The number of nitrogens with one attached hydrogen (secondary N) is 1. The minimum atomic E-state index is -3.79. The van der Waals surface area contributed by atoms with Crippen LogP contribution in [-0.4, -0.2) is 51.4 Å². The van der Waals surface area contributed by atoms with Gasteiger partial charge in [-0.25, -0.2) is 8.42 Å². The molecule has 1 saturated heterocycles. The standard InChI is InChI=1S/C24H26ClN3O3S2/c1-18-9-10-20(25)17-22(18)27-11-13-28(14-12-27)24(29)21(16-19-6-3-2-4-7-19)26-33(30,31)23-8-5-15-32-23/h2-10,15,17,21,26H,11-14,16H2,1H3. The van der Waals surface area contributed by atoms with Crippen molar-refractivity contribution < 1.29 is 13.2 Å². The molecule has 4 rings (SSSR count). The fourth-order valence-corrected chi connectivity index (χ4v) is 6.37. The van der Waals surface area contributed by atoms with Crippen LogP contribution in [0.15, 0.2) is 70.3 Å². The fraction of sp³-hybridized carbons (Fsp3) is 0.292. The van der Waals surface area contributed by atoms with Crippen LogP contribution in [-0.2, 0) is 21.2 Å². The number of thiophene rings is 1. The van der Waals surface area contributed by atoms with E-state index < -0.39 is 16.1 Å². The van der Waals surface area contributed by atoms with Crippen LogP contribution in [0.2, 0.25) is 5.02 Å². The van der Waals surface area contributed by atoms with Crippen LogP contribution in [0.1, 0.15) is 11.1 Å². The fourth-order valence-electron chi connectivity index (χ4n) is 4.00. The molecule has 1 atom stereocenters. The van der Waals surface area contributed by atoms with Crippen molar-refractivity contribution >= 4 is 44.6 Å². The molecule has 1 aliphatic rings. The van der Waals surface area contributed by atoms with Crippen molar-refractivity contribution in [3.05, 3.63) is 82.2 Å². The van der Waals surface area contributed by atoms with E-state index in [0.717, 1.165) is 28.2 Å². The molecule has 1 N–H and O–H groups in total. The summed E-state index contributed by atoms with van der Waals surface area (Å²) in [6.45, 7) is 4.37. The minimum Gasteiger partial charge on any atom is -0.368 e. The number of anilines is 1. The Morgan fingerprint density at radius 1 is 1.06 bits per heavy atom. The van der Waals surface area contributed by atoms with Gasteiger partial charge >= 0.3 is 0 Å². The van der Waals surface area contributed by atoms with Crippen molar-refractivity contribution in [1.29, 1.82) is 0 Å². The number of hydrogen-bond donors (Lipinski definition) is 1. The van der Waals surface area contributed by atoms with E-state index in [9.17, 15) is 13.2 Å². The van der Waals surface area contributed by atoms with Crippen molar-refractivity contribution in [3.63, 3.8) is 0 Å². The van der Waals surface area contributed by atoms with E-state index in [4.69, 9.17) is 11.6 Å². The first-order valence-corrected chi connectivity index (χ1v) is 13.5. The largest absolute Gasteiger partial charge is 0.368 e. The molecule has 0 spiro atoms. The normalized spacial score (nSPS) is 15.5. The second-order valence-electron chi connectivity index (χ2n) is 8.04. The number of rotatable bonds is 7. The molecule has 0 saturated carbocycles. The number of hydrogen-bond acceptors (Lipinski definition) is 5. The zero-order valence-corrected chi connectivity index (χ0v) is 20.7. The number of piperazine rings is 1. The van der Waals surface area contributed by atoms with Gasteiger partial charge in [-0.15, -0.1) is 11.3 Å². The summed E-state index contributed by atoms with van der Waals surface area (Å²) in [5.74, 6) is -0.207. The molecule has 2 heterocycles. The Kier molecular flexibility index (Phi) is 7.38. The molecule has 33 heavy (non-hydrogen) atoms. The van der Waals surface area contributed by atoms with Crippen LogP contribution < -0.4 is 9.62 Å². The first-order chi connectivity index (χ1) is 15.8. The number of aryl methyl sites for hydroxylation is 1. The summed E-state index contributed by atoms with van der Waals surface area (Å²) in [4.78, 5) is 17.4. The third-order valence-electron chi connectivity index (χ3n) is 5.74. The van der Waals surface area contributed by atoms with E-state index in [0.29, 0.717) is 31.2 Å². The van der Waals surface area contributed by atoms with Crippen molar-refractivity contribution in [2.24, 2.45) is 0 Å². The molecule has 2 aromatic carbocycles. The van der Waals surface area contributed by atoms with Gasteiger partial charge < -0.3 is 9.80 Å². The topological polar surface area (TPSA) is 69.7 Å². The Labute approximate surface area is 203 Å². The zero-order valence-electron chi connectivity index (χ0n) is 18.3. The predicted molar refractivity (Wildman–Crippen MR) is 134 cm³/mol. The summed E-state index contributed by atoms with van der Waals surface area (Å²) >= 11 is 7.32. The van der Waals surface area contributed by atoms with Crippen LogP contribution >= 0.6 is 22.9 Å². The summed E-state index contributed by atoms with van der Waals surface area (Å²) in [6, 6.07) is 17.6. The van der Waals surface area contributed by atoms with Gasteiger partial charge in [-0.3, -0.25) is 4.79 Å². The first-order valence-electron chi connectivity index (χ1n) is 10.7. The SMILES string of the molecule is Cc1ccc(Cl)cc1N1CCN(C(=O)C(Cc2ccccc2)NS(=O)(=O)c2cccs2)CC1. The van der Waals surface area contributed by atoms with Gasteiger partial charge in [-0.05, 0) is 48.1 Å². The summed E-state index contributed by atoms with van der Waals surface area (Å²) in [6.07, 6.45) is 0.290. The van der Waals surface area contributed by atoms with Gasteiger partial charge in [0, 0.05) is 36.9 Å². The lowest BCUT2D eigenvalue weighted by atomic mass is 10.1. The number of halogens is 1. The summed E-state index contributed by atoms with van der Waals surface area (Å²) in [5.41, 5.74) is 3.09. The number of carbonyl (C=O) groups is 1. The van der Waals surface area contributed by atoms with E-state index in [2.05, 4.69) is 9.62 Å². The summed E-state index contributed by atoms with van der Waals surface area (Å²) in [7, 11) is -3.79. The molecule has 0 radical (unpaired) electrons. The number of carbonyl (C=O) groups excluding carboxylic acids is 1. The number of amides is 1. The maximum Gasteiger partial charge on any atom is 0.250 e. The second kappa shape index (κ2) is 10.3. The molecule has 0 aliphatic carbocycles. The lowest BCUT2D eigenvalue weighted by molar-refractivity contribution is -0.133. The third-order valence-corrected chi connectivity index (χ3v) is 8.85. The Bertz CT molecular complexity index is 1190. The quantitative estimate of drug-likeness (QED) is 0.530. The van der Waals surface area contributed by atoms with Crippen LogP contribution in [0, 0.1) is 6.92 Å². The average Bonchev–Trinajstić information content (AvgIpc) is 3.37. The van der Waals surface area contributed by atoms with Crippen LogP contribution in [0.5, 0.6) is 0 Å². The Morgan fingerprint density at radius 3 is 2.45 bits per heavy atom. The molecule has 1 aromatic heterocycles. The Balaban J connectivity index is 1.50. The molecule has 1 aliphatic heterocycles. The molecular weight excluding hydrogens is 478 g/mol. The summed E-state index contributed by atoms with van der Waals surface area (Å²) in [5, 5.41) is 2.39. The van der Waals surface area contributed by atoms with Crippen molar-refractivity contribution in [3.8, 4) is 0 Å². The van der Waals surface area contributed by atoms with E-state index in [1.165, 1.54) is 0 Å². The van der Waals surface area contributed by atoms with E-state index in [1.807, 2.05) is 55.5 Å². The van der Waals surface area contributed by atoms with Gasteiger partial charge in [0.2, 0.25) is 5.91 Å². The molecule has 174 valence electrons. The summed E-state index contributed by atoms with van der Waals surface area (Å²) < 4.78 is 28.7. The highest BCUT2D eigenvalue weighted by atomic mass is 35.5. The second-order valence-corrected chi connectivity index (χ2v) is 11.4. The number of sulfonamides is 1. The highest BCUT2D eigenvalue weighted by molar-refractivity contribution is 7.91. The van der Waals surface area contributed by atoms with E-state index >= 15 is 0 Å². The smallest absolute Gasteiger partial charge is 0.250 e. The zero-order chi connectivity index (χ0) is 23.4. The molecule has 1 fully saturated rings. The van der Waals surface area contributed by atoms with Crippen LogP contribution in [0.3, 0.4) is 0 Å². The highest BCUT2D eigenvalue weighted by Crippen LogP contribution is 2.26. The molecule has 1 unspecified atom stereocenters. The molecular formula is C24H26ClN3O3S2. The monoisotopic (exact) mass is 503 g/mol. The molecule has 6 nitrogen and oxygen atoms in total. The van der Waals surface area contributed by atoms with Crippen molar-refractivity contribution in [2.75, 3.05) is 31.1 Å².